The monoisotopic (exact) mass is 725 g/mol. The molecular weight excluding hydrogens is 661 g/mol. The third kappa shape index (κ3) is 11.5. The van der Waals surface area contributed by atoms with Crippen molar-refractivity contribution in [2.45, 2.75) is 93.0 Å². The van der Waals surface area contributed by atoms with E-state index >= 15 is 0 Å². The molecule has 5 aliphatic carbocycles. The van der Waals surface area contributed by atoms with E-state index in [1.165, 1.54) is 45.2 Å². The molecule has 0 heterocycles. The number of hydrogen-bond donors (Lipinski definition) is 0. The van der Waals surface area contributed by atoms with Crippen molar-refractivity contribution in [2.75, 3.05) is 26.3 Å². The zero-order valence-electron chi connectivity index (χ0n) is 29.9. The summed E-state index contributed by atoms with van der Waals surface area (Å²) in [5.41, 5.74) is 0.317. The molecule has 0 aromatic rings. The molecule has 10 atom stereocenters. The first-order valence-corrected chi connectivity index (χ1v) is 23.3. The topological polar surface area (TPSA) is 12.5 Å². The average Bonchev–Trinajstić information content (AvgIpc) is 3.62. The molecule has 0 radical (unpaired) electrons. The van der Waals surface area contributed by atoms with Crippen LogP contribution >= 0.6 is 17.0 Å². The van der Waals surface area contributed by atoms with Gasteiger partial charge < -0.3 is 19.6 Å². The fourth-order valence-corrected chi connectivity index (χ4v) is 8.90. The summed E-state index contributed by atoms with van der Waals surface area (Å²) < 4.78 is 6.18. The molecule has 5 heteroatoms. The van der Waals surface area contributed by atoms with E-state index in [0.717, 1.165) is 78.3 Å². The Balaban J connectivity index is 0.000000393. The van der Waals surface area contributed by atoms with Gasteiger partial charge in [0.15, 0.2) is 0 Å². The Morgan fingerprint density at radius 3 is 1.50 bits per heavy atom. The SMILES string of the molecule is C1=CC2CCC(COCC3CCC4C=CC=CC43)C2C=C1.CCN(CCC1C(C)C(C)C(C)C1C)C(C)(C)C.[CH3-].[CH3-].[Cl][Zr+2][Cl]. The van der Waals surface area contributed by atoms with E-state index in [2.05, 4.69) is 109 Å². The van der Waals surface area contributed by atoms with Crippen LogP contribution < -0.4 is 0 Å². The van der Waals surface area contributed by atoms with E-state index in [0.29, 0.717) is 5.54 Å². The Kier molecular flexibility index (Phi) is 19.9. The van der Waals surface area contributed by atoms with E-state index in [9.17, 15) is 0 Å². The minimum absolute atomic E-state index is 0. The van der Waals surface area contributed by atoms with Crippen LogP contribution in [-0.4, -0.2) is 36.7 Å². The number of halogens is 2. The molecule has 0 amide bonds. The number of fused-ring (bicyclic) bond motifs is 2. The van der Waals surface area contributed by atoms with E-state index in [-0.39, 0.29) is 14.9 Å². The number of ether oxygens (including phenoxy) is 1. The minimum atomic E-state index is -0.826. The standard InChI is InChI=1S/C20H26O.C17H35N.2CH3.2ClH.Zr/c1-3-7-19-15(5-1)9-11-17(19)13-21-14-18-12-10-16-6-2-4-8-20(16)18;1-9-18(17(6,7)8)11-10-16-14(4)12(2)13(3)15(16)5;;;;;/h1-8,15-20H,9-14H2;12-16H,9-11H2,1-8H3;2*1H3;2*1H;/q;;2*-1;;;+4/p-2. The van der Waals surface area contributed by atoms with Crippen LogP contribution in [0.25, 0.3) is 0 Å². The van der Waals surface area contributed by atoms with Crippen molar-refractivity contribution in [3.63, 3.8) is 0 Å². The van der Waals surface area contributed by atoms with Crippen molar-refractivity contribution < 1.29 is 25.6 Å². The molecule has 44 heavy (non-hydrogen) atoms. The van der Waals surface area contributed by atoms with Crippen molar-refractivity contribution in [2.24, 2.45) is 65.1 Å². The zero-order valence-corrected chi connectivity index (χ0v) is 33.9. The molecule has 0 aromatic heterocycles. The summed E-state index contributed by atoms with van der Waals surface area (Å²) in [5.74, 6) is 9.05. The molecule has 2 nitrogen and oxygen atoms in total. The van der Waals surface area contributed by atoms with Gasteiger partial charge in [-0.25, -0.2) is 0 Å². The third-order valence-electron chi connectivity index (χ3n) is 12.0. The summed E-state index contributed by atoms with van der Waals surface area (Å²) in [6.45, 7) is 23.5. The molecule has 10 unspecified atom stereocenters. The van der Waals surface area contributed by atoms with Crippen LogP contribution in [0.3, 0.4) is 0 Å². The van der Waals surface area contributed by atoms with E-state index < -0.39 is 20.8 Å². The van der Waals surface area contributed by atoms with Gasteiger partial charge in [-0.1, -0.05) is 83.2 Å². The van der Waals surface area contributed by atoms with Crippen LogP contribution in [0.2, 0.25) is 0 Å². The van der Waals surface area contributed by atoms with Gasteiger partial charge in [0.05, 0.1) is 0 Å². The molecule has 0 aromatic carbocycles. The van der Waals surface area contributed by atoms with Crippen LogP contribution in [0.4, 0.5) is 0 Å². The number of nitrogens with zero attached hydrogens (tertiary/aromatic N) is 1. The van der Waals surface area contributed by atoms with Crippen molar-refractivity contribution >= 4 is 17.0 Å². The molecule has 0 spiro atoms. The van der Waals surface area contributed by atoms with E-state index in [4.69, 9.17) is 21.8 Å². The molecule has 5 aliphatic rings. The van der Waals surface area contributed by atoms with Crippen molar-refractivity contribution in [3.05, 3.63) is 63.5 Å². The molecule has 0 N–H and O–H groups in total. The normalized spacial score (nSPS) is 36.2. The van der Waals surface area contributed by atoms with Gasteiger partial charge in [0.2, 0.25) is 0 Å². The van der Waals surface area contributed by atoms with Crippen LogP contribution in [0.15, 0.2) is 48.6 Å². The zero-order chi connectivity index (χ0) is 30.9. The first-order chi connectivity index (χ1) is 20.0. The van der Waals surface area contributed by atoms with Crippen molar-refractivity contribution in [3.8, 4) is 0 Å². The van der Waals surface area contributed by atoms with Crippen LogP contribution in [0.1, 0.15) is 87.5 Å². The van der Waals surface area contributed by atoms with Gasteiger partial charge >= 0.3 is 37.9 Å². The van der Waals surface area contributed by atoms with Gasteiger partial charge in [0.25, 0.3) is 0 Å². The molecule has 0 saturated heterocycles. The van der Waals surface area contributed by atoms with Crippen molar-refractivity contribution in [1.82, 2.24) is 4.90 Å². The first-order valence-electron chi connectivity index (χ1n) is 17.0. The van der Waals surface area contributed by atoms with Gasteiger partial charge in [-0.3, -0.25) is 4.90 Å². The predicted octanol–water partition coefficient (Wildman–Crippen LogP) is 11.5. The second-order valence-corrected chi connectivity index (χ2v) is 18.7. The molecule has 3 fully saturated rings. The predicted molar refractivity (Wildman–Crippen MR) is 193 cm³/mol. The fraction of sp³-hybridized carbons (Fsp3) is 0.744. The second-order valence-electron chi connectivity index (χ2n) is 14.9. The Hall–Kier alpha value is 0.343. The van der Waals surface area contributed by atoms with E-state index in [1.807, 2.05) is 0 Å². The quantitative estimate of drug-likeness (QED) is 0.231. The summed E-state index contributed by atoms with van der Waals surface area (Å²) >= 11 is -0.826. The average molecular weight is 728 g/mol. The number of rotatable bonds is 8. The Morgan fingerprint density at radius 2 is 1.11 bits per heavy atom. The summed E-state index contributed by atoms with van der Waals surface area (Å²) in [7, 11) is 9.87. The Morgan fingerprint density at radius 1 is 0.705 bits per heavy atom. The fourth-order valence-electron chi connectivity index (χ4n) is 8.90. The van der Waals surface area contributed by atoms with Crippen LogP contribution in [0, 0.1) is 80.0 Å². The number of allylic oxidation sites excluding steroid dienone is 8. The van der Waals surface area contributed by atoms with Gasteiger partial charge in [-0.15, -0.1) is 0 Å². The Bertz CT molecular complexity index is 852. The molecule has 3 saturated carbocycles. The van der Waals surface area contributed by atoms with Crippen molar-refractivity contribution in [1.29, 1.82) is 0 Å². The summed E-state index contributed by atoms with van der Waals surface area (Å²) in [6, 6.07) is 0. The van der Waals surface area contributed by atoms with Gasteiger partial charge in [0, 0.05) is 18.8 Å². The number of hydrogen-bond acceptors (Lipinski definition) is 2. The summed E-state index contributed by atoms with van der Waals surface area (Å²) in [5, 5.41) is 0. The summed E-state index contributed by atoms with van der Waals surface area (Å²) in [6.07, 6.45) is 25.2. The molecule has 0 aliphatic heterocycles. The van der Waals surface area contributed by atoms with Crippen LogP contribution in [0.5, 0.6) is 0 Å². The molecule has 5 rings (SSSR count). The summed E-state index contributed by atoms with van der Waals surface area (Å²) in [4.78, 5) is 2.63. The molecular formula is C39H67Cl2NOZr. The third-order valence-corrected chi connectivity index (χ3v) is 12.0. The van der Waals surface area contributed by atoms with Gasteiger partial charge in [-0.05, 0) is 131 Å². The van der Waals surface area contributed by atoms with Gasteiger partial charge in [-0.2, -0.15) is 0 Å². The maximum absolute atomic E-state index is 6.18. The van der Waals surface area contributed by atoms with E-state index in [1.54, 1.807) is 0 Å². The molecule has 252 valence electrons. The maximum atomic E-state index is 6.18. The Labute approximate surface area is 293 Å². The van der Waals surface area contributed by atoms with Gasteiger partial charge in [0.1, 0.15) is 0 Å². The molecule has 0 bridgehead atoms. The van der Waals surface area contributed by atoms with Crippen LogP contribution in [-0.2, 0) is 25.6 Å². The second kappa shape index (κ2) is 20.7. The first kappa shape index (κ1) is 42.4.